The molecule has 1 N–H and O–H groups in total. The fourth-order valence-electron chi connectivity index (χ4n) is 4.05. The van der Waals surface area contributed by atoms with E-state index in [4.69, 9.17) is 16.3 Å². The smallest absolute Gasteiger partial charge is 0.253 e. The van der Waals surface area contributed by atoms with E-state index in [1.54, 1.807) is 23.3 Å². The minimum atomic E-state index is 0.0260. The quantitative estimate of drug-likeness (QED) is 0.450. The van der Waals surface area contributed by atoms with Crippen LogP contribution in [-0.4, -0.2) is 55.5 Å². The van der Waals surface area contributed by atoms with Crippen molar-refractivity contribution in [3.8, 4) is 11.4 Å². The van der Waals surface area contributed by atoms with Gasteiger partial charge in [0.25, 0.3) is 5.91 Å². The number of aromatic amines is 1. The first kappa shape index (κ1) is 21.2. The van der Waals surface area contributed by atoms with E-state index in [1.807, 2.05) is 47.4 Å². The molecule has 0 aliphatic carbocycles. The van der Waals surface area contributed by atoms with Gasteiger partial charge < -0.3 is 9.64 Å². The molecule has 0 spiro atoms. The van der Waals surface area contributed by atoms with Gasteiger partial charge in [0.15, 0.2) is 0 Å². The van der Waals surface area contributed by atoms with E-state index in [-0.39, 0.29) is 11.8 Å². The Morgan fingerprint density at radius 3 is 2.82 bits per heavy atom. The van der Waals surface area contributed by atoms with Crippen LogP contribution in [0, 0.1) is 0 Å². The Hall–Kier alpha value is -3.65. The van der Waals surface area contributed by atoms with Gasteiger partial charge in [0.05, 0.1) is 12.3 Å². The maximum Gasteiger partial charge on any atom is 0.253 e. The number of halogens is 1. The average Bonchev–Trinajstić information content (AvgIpc) is 3.60. The Labute approximate surface area is 196 Å². The summed E-state index contributed by atoms with van der Waals surface area (Å²) in [4.78, 5) is 15.0. The number of benzene rings is 2. The summed E-state index contributed by atoms with van der Waals surface area (Å²) in [6, 6.07) is 17.0. The third-order valence-corrected chi connectivity index (χ3v) is 6.03. The van der Waals surface area contributed by atoms with Crippen molar-refractivity contribution in [3.63, 3.8) is 0 Å². The van der Waals surface area contributed by atoms with Crippen molar-refractivity contribution >= 4 is 17.5 Å². The molecular weight excluding hydrogens is 440 g/mol. The molecule has 168 valence electrons. The number of H-pyrrole nitrogens is 1. The molecule has 1 aliphatic heterocycles. The normalized spacial score (nSPS) is 15.7. The molecule has 0 unspecified atom stereocenters. The minimum absolute atomic E-state index is 0.0260. The Balaban J connectivity index is 1.17. The number of nitrogens with zero attached hydrogens (tertiary/aromatic N) is 5. The summed E-state index contributed by atoms with van der Waals surface area (Å²) in [7, 11) is 0. The van der Waals surface area contributed by atoms with Gasteiger partial charge in [0, 0.05) is 47.4 Å². The van der Waals surface area contributed by atoms with Crippen LogP contribution in [-0.2, 0) is 6.42 Å². The van der Waals surface area contributed by atoms with Crippen molar-refractivity contribution in [2.45, 2.75) is 18.8 Å². The third kappa shape index (κ3) is 4.90. The van der Waals surface area contributed by atoms with Gasteiger partial charge in [-0.1, -0.05) is 23.7 Å². The van der Waals surface area contributed by atoms with Crippen molar-refractivity contribution in [2.24, 2.45) is 0 Å². The molecule has 4 aromatic rings. The molecular formula is C24H23ClN6O2. The average molecular weight is 463 g/mol. The predicted molar refractivity (Wildman–Crippen MR) is 124 cm³/mol. The number of carbonyl (C=O) groups excluding carboxylic acids is 1. The number of carbonyl (C=O) groups is 1. The predicted octanol–water partition coefficient (Wildman–Crippen LogP) is 3.90. The lowest BCUT2D eigenvalue weighted by Crippen LogP contribution is -2.28. The molecule has 9 heteroatoms. The van der Waals surface area contributed by atoms with E-state index in [0.717, 1.165) is 29.2 Å². The fraction of sp³-hybridized carbons (Fsp3) is 0.250. The molecule has 1 fully saturated rings. The molecule has 1 atom stereocenters. The number of aromatic nitrogens is 5. The first-order valence-corrected chi connectivity index (χ1v) is 11.2. The Kier molecular flexibility index (Phi) is 6.08. The van der Waals surface area contributed by atoms with Crippen molar-refractivity contribution in [2.75, 3.05) is 19.7 Å². The topological polar surface area (TPSA) is 88.9 Å². The highest BCUT2D eigenvalue weighted by Crippen LogP contribution is 2.28. The van der Waals surface area contributed by atoms with Gasteiger partial charge in [-0.05, 0) is 48.9 Å². The molecule has 1 aliphatic rings. The van der Waals surface area contributed by atoms with E-state index in [2.05, 4.69) is 26.5 Å². The summed E-state index contributed by atoms with van der Waals surface area (Å²) < 4.78 is 7.55. The number of likely N-dealkylation sites (tertiary alicyclic amines) is 1. The van der Waals surface area contributed by atoms with Gasteiger partial charge >= 0.3 is 0 Å². The highest BCUT2D eigenvalue weighted by Gasteiger charge is 2.29. The summed E-state index contributed by atoms with van der Waals surface area (Å²) in [5, 5.41) is 15.9. The number of nitrogens with one attached hydrogen (secondary N) is 1. The summed E-state index contributed by atoms with van der Waals surface area (Å²) in [6.07, 6.45) is 4.83. The Morgan fingerprint density at radius 1 is 1.12 bits per heavy atom. The van der Waals surface area contributed by atoms with Gasteiger partial charge in [0.1, 0.15) is 18.4 Å². The van der Waals surface area contributed by atoms with Crippen molar-refractivity contribution < 1.29 is 9.53 Å². The van der Waals surface area contributed by atoms with E-state index < -0.39 is 0 Å². The second kappa shape index (κ2) is 9.46. The summed E-state index contributed by atoms with van der Waals surface area (Å²) in [5.74, 6) is 0.993. The van der Waals surface area contributed by atoms with Crippen LogP contribution in [0.2, 0.25) is 5.02 Å². The summed E-state index contributed by atoms with van der Waals surface area (Å²) in [5.41, 5.74) is 3.51. The van der Waals surface area contributed by atoms with Crippen molar-refractivity contribution in [1.29, 1.82) is 0 Å². The molecule has 2 aromatic heterocycles. The van der Waals surface area contributed by atoms with Crippen LogP contribution in [0.25, 0.3) is 5.69 Å². The lowest BCUT2D eigenvalue weighted by molar-refractivity contribution is 0.0790. The maximum absolute atomic E-state index is 13.1. The number of amides is 1. The van der Waals surface area contributed by atoms with Crippen LogP contribution in [0.15, 0.2) is 67.3 Å². The van der Waals surface area contributed by atoms with Crippen molar-refractivity contribution in [3.05, 3.63) is 89.2 Å². The molecule has 0 bridgehead atoms. The zero-order valence-electron chi connectivity index (χ0n) is 17.9. The zero-order valence-corrected chi connectivity index (χ0v) is 18.7. The second-order valence-corrected chi connectivity index (χ2v) is 8.47. The number of hydrogen-bond donors (Lipinski definition) is 1. The van der Waals surface area contributed by atoms with Gasteiger partial charge in [-0.25, -0.2) is 0 Å². The van der Waals surface area contributed by atoms with Crippen LogP contribution in [0.4, 0.5) is 0 Å². The monoisotopic (exact) mass is 462 g/mol. The number of ether oxygens (including phenoxy) is 1. The van der Waals surface area contributed by atoms with Gasteiger partial charge in [0.2, 0.25) is 0 Å². The molecule has 3 heterocycles. The number of rotatable bonds is 7. The molecule has 0 radical (unpaired) electrons. The largest absolute Gasteiger partial charge is 0.493 e. The fourth-order valence-corrected chi connectivity index (χ4v) is 4.23. The number of hydrogen-bond acceptors (Lipinski definition) is 5. The molecule has 1 saturated heterocycles. The van der Waals surface area contributed by atoms with E-state index >= 15 is 0 Å². The second-order valence-electron chi connectivity index (χ2n) is 8.03. The van der Waals surface area contributed by atoms with Gasteiger partial charge in [-0.3, -0.25) is 14.5 Å². The maximum atomic E-state index is 13.1. The minimum Gasteiger partial charge on any atom is -0.493 e. The summed E-state index contributed by atoms with van der Waals surface area (Å²) in [6.45, 7) is 1.89. The zero-order chi connectivity index (χ0) is 22.6. The van der Waals surface area contributed by atoms with Crippen LogP contribution in [0.1, 0.15) is 34.1 Å². The molecule has 5 rings (SSSR count). The van der Waals surface area contributed by atoms with Crippen LogP contribution in [0.5, 0.6) is 5.75 Å². The molecule has 33 heavy (non-hydrogen) atoms. The van der Waals surface area contributed by atoms with E-state index in [1.165, 1.54) is 0 Å². The van der Waals surface area contributed by atoms with E-state index in [0.29, 0.717) is 36.7 Å². The van der Waals surface area contributed by atoms with Crippen LogP contribution in [0.3, 0.4) is 0 Å². The molecule has 0 saturated carbocycles. The van der Waals surface area contributed by atoms with Crippen molar-refractivity contribution in [1.82, 2.24) is 29.9 Å². The van der Waals surface area contributed by atoms with Crippen LogP contribution < -0.4 is 4.74 Å². The van der Waals surface area contributed by atoms with Gasteiger partial charge in [-0.15, -0.1) is 10.2 Å². The van der Waals surface area contributed by atoms with Gasteiger partial charge in [-0.2, -0.15) is 5.10 Å². The SMILES string of the molecule is O=C(c1cccc(-n2cnnc2)c1)N1CC[C@@H](c2cc(CCOc3cccc(Cl)c3)[nH]n2)C1. The lowest BCUT2D eigenvalue weighted by Gasteiger charge is -2.16. The summed E-state index contributed by atoms with van der Waals surface area (Å²) >= 11 is 5.99. The Bertz CT molecular complexity index is 1240. The molecule has 8 nitrogen and oxygen atoms in total. The van der Waals surface area contributed by atoms with E-state index in [9.17, 15) is 4.79 Å². The lowest BCUT2D eigenvalue weighted by atomic mass is 10.0. The highest BCUT2D eigenvalue weighted by atomic mass is 35.5. The molecule has 1 amide bonds. The Morgan fingerprint density at radius 2 is 1.97 bits per heavy atom. The highest BCUT2D eigenvalue weighted by molar-refractivity contribution is 6.30. The van der Waals surface area contributed by atoms with Crippen LogP contribution >= 0.6 is 11.6 Å². The first-order chi connectivity index (χ1) is 16.2. The third-order valence-electron chi connectivity index (χ3n) is 5.79. The standard InChI is InChI=1S/C24H23ClN6O2/c25-19-4-2-6-22(12-19)33-10-8-20-13-23(29-28-20)18-7-9-30(14-18)24(32)17-3-1-5-21(11-17)31-15-26-27-16-31/h1-6,11-13,15-16,18H,7-10,14H2,(H,28,29)/t18-/m1/s1. The molecule has 2 aromatic carbocycles. The first-order valence-electron chi connectivity index (χ1n) is 10.8.